The van der Waals surface area contributed by atoms with Gasteiger partial charge in [-0.1, -0.05) is 6.92 Å². The third kappa shape index (κ3) is 6.22. The molecule has 1 amide bonds. The SMILES string of the molecule is CC1CCC(NC(=O)CN2CCC(NS(C)(=O)=O)CC2)CC1. The van der Waals surface area contributed by atoms with Crippen molar-refractivity contribution in [3.05, 3.63) is 0 Å². The fourth-order valence-corrected chi connectivity index (χ4v) is 4.23. The Hall–Kier alpha value is -0.660. The molecule has 0 atom stereocenters. The Morgan fingerprint density at radius 3 is 2.18 bits per heavy atom. The lowest BCUT2D eigenvalue weighted by atomic mass is 9.87. The number of carbonyl (C=O) groups is 1. The zero-order valence-electron chi connectivity index (χ0n) is 13.7. The molecule has 0 unspecified atom stereocenters. The third-order valence-corrected chi connectivity index (χ3v) is 5.48. The highest BCUT2D eigenvalue weighted by Gasteiger charge is 2.24. The maximum atomic E-state index is 12.1. The van der Waals surface area contributed by atoms with Gasteiger partial charge in [0.1, 0.15) is 0 Å². The molecule has 0 spiro atoms. The van der Waals surface area contributed by atoms with Crippen LogP contribution in [0, 0.1) is 5.92 Å². The van der Waals surface area contributed by atoms with Crippen molar-refractivity contribution in [3.8, 4) is 0 Å². The second-order valence-corrected chi connectivity index (χ2v) is 8.74. The minimum Gasteiger partial charge on any atom is -0.352 e. The van der Waals surface area contributed by atoms with Gasteiger partial charge >= 0.3 is 0 Å². The van der Waals surface area contributed by atoms with E-state index >= 15 is 0 Å². The van der Waals surface area contributed by atoms with E-state index in [1.54, 1.807) is 0 Å². The van der Waals surface area contributed by atoms with Gasteiger partial charge < -0.3 is 5.32 Å². The van der Waals surface area contributed by atoms with Gasteiger partial charge in [0, 0.05) is 25.2 Å². The highest BCUT2D eigenvalue weighted by atomic mass is 32.2. The van der Waals surface area contributed by atoms with Crippen molar-refractivity contribution in [2.45, 2.75) is 57.5 Å². The Bertz CT molecular complexity index is 464. The summed E-state index contributed by atoms with van der Waals surface area (Å²) in [6.07, 6.45) is 7.31. The van der Waals surface area contributed by atoms with Gasteiger partial charge in [-0.25, -0.2) is 13.1 Å². The van der Waals surface area contributed by atoms with Gasteiger partial charge in [0.15, 0.2) is 0 Å². The summed E-state index contributed by atoms with van der Waals surface area (Å²) in [4.78, 5) is 14.2. The first-order chi connectivity index (χ1) is 10.3. The molecule has 1 heterocycles. The molecular weight excluding hydrogens is 302 g/mol. The van der Waals surface area contributed by atoms with Crippen LogP contribution in [0.2, 0.25) is 0 Å². The summed E-state index contributed by atoms with van der Waals surface area (Å²) < 4.78 is 25.1. The predicted molar refractivity (Wildman–Crippen MR) is 87.0 cm³/mol. The summed E-state index contributed by atoms with van der Waals surface area (Å²) in [6.45, 7) is 4.23. The molecule has 0 aromatic carbocycles. The molecule has 0 aromatic rings. The summed E-state index contributed by atoms with van der Waals surface area (Å²) in [5, 5.41) is 3.14. The Labute approximate surface area is 134 Å². The molecule has 128 valence electrons. The topological polar surface area (TPSA) is 78.5 Å². The molecule has 0 bridgehead atoms. The second kappa shape index (κ2) is 7.75. The van der Waals surface area contributed by atoms with Crippen LogP contribution in [-0.2, 0) is 14.8 Å². The van der Waals surface area contributed by atoms with Gasteiger partial charge in [0.05, 0.1) is 12.8 Å². The van der Waals surface area contributed by atoms with Gasteiger partial charge in [-0.3, -0.25) is 9.69 Å². The molecule has 0 aromatic heterocycles. The van der Waals surface area contributed by atoms with Crippen molar-refractivity contribution in [3.63, 3.8) is 0 Å². The zero-order valence-corrected chi connectivity index (χ0v) is 14.5. The average molecular weight is 331 g/mol. The van der Waals surface area contributed by atoms with E-state index in [1.165, 1.54) is 19.1 Å². The molecule has 22 heavy (non-hydrogen) atoms. The number of likely N-dealkylation sites (tertiary alicyclic amines) is 1. The van der Waals surface area contributed by atoms with Gasteiger partial charge in [-0.2, -0.15) is 0 Å². The summed E-state index contributed by atoms with van der Waals surface area (Å²) >= 11 is 0. The fourth-order valence-electron chi connectivity index (χ4n) is 3.39. The maximum Gasteiger partial charge on any atom is 0.234 e. The van der Waals surface area contributed by atoms with Crippen LogP contribution < -0.4 is 10.0 Å². The Kier molecular flexibility index (Phi) is 6.23. The Morgan fingerprint density at radius 1 is 1.05 bits per heavy atom. The molecule has 0 radical (unpaired) electrons. The van der Waals surface area contributed by atoms with Crippen LogP contribution in [0.15, 0.2) is 0 Å². The number of nitrogens with one attached hydrogen (secondary N) is 2. The highest BCUT2D eigenvalue weighted by molar-refractivity contribution is 7.88. The van der Waals surface area contributed by atoms with Crippen molar-refractivity contribution >= 4 is 15.9 Å². The molecule has 6 nitrogen and oxygen atoms in total. The van der Waals surface area contributed by atoms with Crippen molar-refractivity contribution in [1.29, 1.82) is 0 Å². The third-order valence-electron chi connectivity index (χ3n) is 4.72. The van der Waals surface area contributed by atoms with Crippen LogP contribution >= 0.6 is 0 Å². The Balaban J connectivity index is 1.66. The van der Waals surface area contributed by atoms with E-state index in [2.05, 4.69) is 21.9 Å². The number of carbonyl (C=O) groups excluding carboxylic acids is 1. The molecule has 1 saturated carbocycles. The number of hydrogen-bond acceptors (Lipinski definition) is 4. The number of sulfonamides is 1. The van der Waals surface area contributed by atoms with Crippen LogP contribution in [0.4, 0.5) is 0 Å². The van der Waals surface area contributed by atoms with Gasteiger partial charge in [-0.05, 0) is 44.4 Å². The normalized spacial score (nSPS) is 28.5. The van der Waals surface area contributed by atoms with E-state index in [-0.39, 0.29) is 11.9 Å². The van der Waals surface area contributed by atoms with E-state index in [0.29, 0.717) is 12.6 Å². The van der Waals surface area contributed by atoms with Crippen molar-refractivity contribution in [2.24, 2.45) is 5.92 Å². The van der Waals surface area contributed by atoms with Crippen molar-refractivity contribution in [2.75, 3.05) is 25.9 Å². The summed E-state index contributed by atoms with van der Waals surface area (Å²) in [5.74, 6) is 0.892. The largest absolute Gasteiger partial charge is 0.352 e. The van der Waals surface area contributed by atoms with Crippen LogP contribution in [0.25, 0.3) is 0 Å². The van der Waals surface area contributed by atoms with Gasteiger partial charge in [0.2, 0.25) is 15.9 Å². The minimum absolute atomic E-state index is 0.00847. The van der Waals surface area contributed by atoms with Gasteiger partial charge in [-0.15, -0.1) is 0 Å². The molecule has 1 aliphatic carbocycles. The van der Waals surface area contributed by atoms with Gasteiger partial charge in [0.25, 0.3) is 0 Å². The standard InChI is InChI=1S/C15H29N3O3S/c1-12-3-5-13(6-4-12)16-15(19)11-18-9-7-14(8-10-18)17-22(2,20)21/h12-14,17H,3-11H2,1-2H3,(H,16,19). The average Bonchev–Trinajstić information content (AvgIpc) is 2.42. The maximum absolute atomic E-state index is 12.1. The smallest absolute Gasteiger partial charge is 0.234 e. The molecular formula is C15H29N3O3S. The Morgan fingerprint density at radius 2 is 1.64 bits per heavy atom. The highest BCUT2D eigenvalue weighted by Crippen LogP contribution is 2.23. The molecule has 1 saturated heterocycles. The number of amides is 1. The van der Waals surface area contributed by atoms with E-state index in [9.17, 15) is 13.2 Å². The summed E-state index contributed by atoms with van der Waals surface area (Å²) in [6, 6.07) is 0.349. The van der Waals surface area contributed by atoms with Crippen molar-refractivity contribution < 1.29 is 13.2 Å². The van der Waals surface area contributed by atoms with Crippen LogP contribution in [0.5, 0.6) is 0 Å². The molecule has 2 N–H and O–H groups in total. The second-order valence-electron chi connectivity index (χ2n) is 6.96. The molecule has 2 rings (SSSR count). The first kappa shape index (κ1) is 17.7. The zero-order chi connectivity index (χ0) is 16.2. The van der Waals surface area contributed by atoms with E-state index < -0.39 is 10.0 Å². The monoisotopic (exact) mass is 331 g/mol. The number of piperidine rings is 1. The number of hydrogen-bond donors (Lipinski definition) is 2. The van der Waals surface area contributed by atoms with Crippen LogP contribution in [0.1, 0.15) is 45.4 Å². The quantitative estimate of drug-likeness (QED) is 0.777. The lowest BCUT2D eigenvalue weighted by molar-refractivity contribution is -0.123. The molecule has 2 aliphatic rings. The predicted octanol–water partition coefficient (Wildman–Crippen LogP) is 0.695. The van der Waals surface area contributed by atoms with E-state index in [4.69, 9.17) is 0 Å². The summed E-state index contributed by atoms with van der Waals surface area (Å²) in [5.41, 5.74) is 0. The first-order valence-corrected chi connectivity index (χ1v) is 10.2. The summed E-state index contributed by atoms with van der Waals surface area (Å²) in [7, 11) is -3.14. The van der Waals surface area contributed by atoms with E-state index in [0.717, 1.165) is 44.7 Å². The lowest BCUT2D eigenvalue weighted by Gasteiger charge is -2.32. The number of nitrogens with zero attached hydrogens (tertiary/aromatic N) is 1. The van der Waals surface area contributed by atoms with E-state index in [1.807, 2.05) is 0 Å². The fraction of sp³-hybridized carbons (Fsp3) is 0.933. The number of rotatable bonds is 5. The lowest BCUT2D eigenvalue weighted by Crippen LogP contribution is -2.48. The van der Waals surface area contributed by atoms with Crippen LogP contribution in [0.3, 0.4) is 0 Å². The molecule has 7 heteroatoms. The van der Waals surface area contributed by atoms with Crippen LogP contribution in [-0.4, -0.2) is 57.2 Å². The minimum atomic E-state index is -3.14. The molecule has 1 aliphatic heterocycles. The first-order valence-electron chi connectivity index (χ1n) is 8.31. The van der Waals surface area contributed by atoms with Crippen molar-refractivity contribution in [1.82, 2.24) is 14.9 Å². The molecule has 2 fully saturated rings.